The van der Waals surface area contributed by atoms with Crippen LogP contribution in [0.1, 0.15) is 12.8 Å². The third-order valence-corrected chi connectivity index (χ3v) is 3.34. The number of carbonyl (C=O) groups is 1. The summed E-state index contributed by atoms with van der Waals surface area (Å²) < 4.78 is 5.43. The van der Waals surface area contributed by atoms with Gasteiger partial charge < -0.3 is 20.3 Å². The molecule has 6 heteroatoms. The minimum Gasteiger partial charge on any atom is -0.376 e. The molecule has 2 aliphatic heterocycles. The number of carbonyl (C=O) groups excluding carboxylic acids is 1. The van der Waals surface area contributed by atoms with Crippen molar-refractivity contribution >= 4 is 5.91 Å². The average molecular weight is 264 g/mol. The Morgan fingerprint density at radius 1 is 1.53 bits per heavy atom. The zero-order valence-corrected chi connectivity index (χ0v) is 11.0. The summed E-state index contributed by atoms with van der Waals surface area (Å²) in [6.07, 6.45) is 3.78. The molecule has 2 aliphatic rings. The van der Waals surface area contributed by atoms with Crippen LogP contribution in [0.2, 0.25) is 0 Å². The molecule has 1 atom stereocenters. The molecule has 0 aromatic rings. The fourth-order valence-electron chi connectivity index (χ4n) is 2.24. The number of nitrogens with one attached hydrogen (secondary N) is 2. The molecule has 0 aliphatic carbocycles. The summed E-state index contributed by atoms with van der Waals surface area (Å²) in [4.78, 5) is 13.9. The standard InChI is InChI=1S/C13H20N4O2/c14-8-11(10-17-5-3-15-4-6-17)13(18)16-9-12-2-1-7-19-12/h10,12,15H,1-7,9H2,(H,16,18)/b11-10-. The first-order valence-corrected chi connectivity index (χ1v) is 6.76. The quantitative estimate of drug-likeness (QED) is 0.533. The van der Waals surface area contributed by atoms with Gasteiger partial charge in [0.15, 0.2) is 0 Å². The van der Waals surface area contributed by atoms with Gasteiger partial charge in [-0.1, -0.05) is 0 Å². The van der Waals surface area contributed by atoms with E-state index in [4.69, 9.17) is 10.00 Å². The first kappa shape index (κ1) is 13.8. The molecule has 0 bridgehead atoms. The van der Waals surface area contributed by atoms with Gasteiger partial charge in [-0.25, -0.2) is 0 Å². The lowest BCUT2D eigenvalue weighted by molar-refractivity contribution is -0.117. The number of nitriles is 1. The molecule has 19 heavy (non-hydrogen) atoms. The van der Waals surface area contributed by atoms with Gasteiger partial charge in [0.1, 0.15) is 11.6 Å². The van der Waals surface area contributed by atoms with Crippen LogP contribution in [0.5, 0.6) is 0 Å². The molecular formula is C13H20N4O2. The van der Waals surface area contributed by atoms with Crippen molar-refractivity contribution in [3.8, 4) is 6.07 Å². The summed E-state index contributed by atoms with van der Waals surface area (Å²) in [5.74, 6) is -0.309. The first-order valence-electron chi connectivity index (χ1n) is 6.76. The smallest absolute Gasteiger partial charge is 0.263 e. The van der Waals surface area contributed by atoms with E-state index in [9.17, 15) is 4.79 Å². The second kappa shape index (κ2) is 7.12. The van der Waals surface area contributed by atoms with Gasteiger partial charge in [-0.2, -0.15) is 5.26 Å². The van der Waals surface area contributed by atoms with Gasteiger partial charge in [-0.05, 0) is 12.8 Å². The van der Waals surface area contributed by atoms with Crippen LogP contribution in [0.4, 0.5) is 0 Å². The van der Waals surface area contributed by atoms with E-state index in [0.717, 1.165) is 45.6 Å². The van der Waals surface area contributed by atoms with Crippen molar-refractivity contribution in [2.75, 3.05) is 39.3 Å². The van der Waals surface area contributed by atoms with Crippen LogP contribution in [0.3, 0.4) is 0 Å². The lowest BCUT2D eigenvalue weighted by atomic mass is 10.2. The summed E-state index contributed by atoms with van der Waals surface area (Å²) in [6.45, 7) is 4.66. The van der Waals surface area contributed by atoms with Gasteiger partial charge in [0, 0.05) is 45.5 Å². The van der Waals surface area contributed by atoms with Crippen molar-refractivity contribution in [3.63, 3.8) is 0 Å². The Kier molecular flexibility index (Phi) is 5.19. The fourth-order valence-corrected chi connectivity index (χ4v) is 2.24. The zero-order chi connectivity index (χ0) is 13.5. The number of hydrogen-bond donors (Lipinski definition) is 2. The van der Waals surface area contributed by atoms with Gasteiger partial charge in [0.2, 0.25) is 0 Å². The van der Waals surface area contributed by atoms with E-state index in [1.807, 2.05) is 11.0 Å². The Morgan fingerprint density at radius 3 is 2.95 bits per heavy atom. The number of piperazine rings is 1. The van der Waals surface area contributed by atoms with E-state index in [0.29, 0.717) is 6.54 Å². The molecule has 2 heterocycles. The number of nitrogens with zero attached hydrogens (tertiary/aromatic N) is 2. The topological polar surface area (TPSA) is 77.4 Å². The Labute approximate surface area is 113 Å². The molecule has 2 rings (SSSR count). The Hall–Kier alpha value is -1.58. The number of rotatable bonds is 4. The molecule has 0 saturated carbocycles. The second-order valence-corrected chi connectivity index (χ2v) is 4.79. The van der Waals surface area contributed by atoms with E-state index in [-0.39, 0.29) is 17.6 Å². The molecule has 2 fully saturated rings. The number of hydrogen-bond acceptors (Lipinski definition) is 5. The fraction of sp³-hybridized carbons (Fsp3) is 0.692. The van der Waals surface area contributed by atoms with Crippen LogP contribution in [-0.2, 0) is 9.53 Å². The normalized spacial score (nSPS) is 24.1. The molecule has 104 valence electrons. The molecule has 0 spiro atoms. The number of amides is 1. The Morgan fingerprint density at radius 2 is 2.32 bits per heavy atom. The molecule has 2 N–H and O–H groups in total. The number of ether oxygens (including phenoxy) is 1. The van der Waals surface area contributed by atoms with Crippen molar-refractivity contribution in [3.05, 3.63) is 11.8 Å². The summed E-state index contributed by atoms with van der Waals surface area (Å²) in [5, 5.41) is 15.1. The third kappa shape index (κ3) is 4.23. The molecular weight excluding hydrogens is 244 g/mol. The maximum atomic E-state index is 11.9. The van der Waals surface area contributed by atoms with Crippen LogP contribution < -0.4 is 10.6 Å². The monoisotopic (exact) mass is 264 g/mol. The maximum Gasteiger partial charge on any atom is 0.263 e. The Bertz CT molecular complexity index is 377. The Balaban J connectivity index is 1.83. The van der Waals surface area contributed by atoms with E-state index < -0.39 is 0 Å². The lowest BCUT2D eigenvalue weighted by Crippen LogP contribution is -2.41. The molecule has 6 nitrogen and oxygen atoms in total. The highest BCUT2D eigenvalue weighted by atomic mass is 16.5. The molecule has 0 aromatic heterocycles. The molecule has 0 radical (unpaired) electrons. The molecule has 1 unspecified atom stereocenters. The largest absolute Gasteiger partial charge is 0.376 e. The van der Waals surface area contributed by atoms with Gasteiger partial charge in [-0.15, -0.1) is 0 Å². The van der Waals surface area contributed by atoms with Gasteiger partial charge in [0.25, 0.3) is 5.91 Å². The van der Waals surface area contributed by atoms with Crippen LogP contribution in [0, 0.1) is 11.3 Å². The van der Waals surface area contributed by atoms with Crippen molar-refractivity contribution in [2.24, 2.45) is 0 Å². The second-order valence-electron chi connectivity index (χ2n) is 4.79. The summed E-state index contributed by atoms with van der Waals surface area (Å²) in [5.41, 5.74) is 0.167. The van der Waals surface area contributed by atoms with Crippen LogP contribution in [0.15, 0.2) is 11.8 Å². The highest BCUT2D eigenvalue weighted by molar-refractivity contribution is 5.97. The van der Waals surface area contributed by atoms with Gasteiger partial charge >= 0.3 is 0 Å². The third-order valence-electron chi connectivity index (χ3n) is 3.34. The summed E-state index contributed by atoms with van der Waals surface area (Å²) >= 11 is 0. The predicted molar refractivity (Wildman–Crippen MR) is 70.1 cm³/mol. The first-order chi connectivity index (χ1) is 9.29. The van der Waals surface area contributed by atoms with Gasteiger partial charge in [-0.3, -0.25) is 4.79 Å². The summed E-state index contributed by atoms with van der Waals surface area (Å²) in [7, 11) is 0. The van der Waals surface area contributed by atoms with Gasteiger partial charge in [0.05, 0.1) is 6.10 Å². The van der Waals surface area contributed by atoms with E-state index >= 15 is 0 Å². The van der Waals surface area contributed by atoms with Crippen molar-refractivity contribution in [1.29, 1.82) is 5.26 Å². The highest BCUT2D eigenvalue weighted by Gasteiger charge is 2.18. The zero-order valence-electron chi connectivity index (χ0n) is 11.0. The summed E-state index contributed by atoms with van der Waals surface area (Å²) in [6, 6.07) is 1.97. The minimum atomic E-state index is -0.309. The van der Waals surface area contributed by atoms with E-state index in [2.05, 4.69) is 10.6 Å². The van der Waals surface area contributed by atoms with Crippen molar-refractivity contribution < 1.29 is 9.53 Å². The molecule has 2 saturated heterocycles. The van der Waals surface area contributed by atoms with E-state index in [1.165, 1.54) is 0 Å². The minimum absolute atomic E-state index is 0.100. The maximum absolute atomic E-state index is 11.9. The van der Waals surface area contributed by atoms with Crippen LogP contribution in [-0.4, -0.2) is 56.2 Å². The average Bonchev–Trinajstić information content (AvgIpc) is 2.96. The van der Waals surface area contributed by atoms with Crippen LogP contribution in [0.25, 0.3) is 0 Å². The SMILES string of the molecule is N#C/C(=C/N1CCNCC1)C(=O)NCC1CCCO1. The molecule has 0 aromatic carbocycles. The predicted octanol–water partition coefficient (Wildman–Crippen LogP) is -0.406. The van der Waals surface area contributed by atoms with E-state index in [1.54, 1.807) is 6.20 Å². The van der Waals surface area contributed by atoms with Crippen molar-refractivity contribution in [2.45, 2.75) is 18.9 Å². The lowest BCUT2D eigenvalue weighted by Gasteiger charge is -2.26. The van der Waals surface area contributed by atoms with Crippen molar-refractivity contribution in [1.82, 2.24) is 15.5 Å². The van der Waals surface area contributed by atoms with Crippen LogP contribution >= 0.6 is 0 Å². The highest BCUT2D eigenvalue weighted by Crippen LogP contribution is 2.10. The molecule has 1 amide bonds.